The van der Waals surface area contributed by atoms with E-state index in [-0.39, 0.29) is 12.1 Å². The van der Waals surface area contributed by atoms with Crippen molar-refractivity contribution in [2.24, 2.45) is 0 Å². The average Bonchev–Trinajstić information content (AvgIpc) is 2.89. The molecule has 0 saturated heterocycles. The Morgan fingerprint density at radius 1 is 1.33 bits per heavy atom. The lowest BCUT2D eigenvalue weighted by atomic mass is 10.2. The predicted molar refractivity (Wildman–Crippen MR) is 74.9 cm³/mol. The van der Waals surface area contributed by atoms with Gasteiger partial charge >= 0.3 is 5.63 Å². The highest BCUT2D eigenvalue weighted by Gasteiger charge is 2.13. The van der Waals surface area contributed by atoms with Gasteiger partial charge in [0, 0.05) is 12.3 Å². The number of aromatic nitrogens is 1. The van der Waals surface area contributed by atoms with Gasteiger partial charge in [0.15, 0.2) is 5.89 Å². The molecule has 21 heavy (non-hydrogen) atoms. The van der Waals surface area contributed by atoms with Crippen molar-refractivity contribution in [2.75, 3.05) is 0 Å². The monoisotopic (exact) mass is 284 g/mol. The third-order valence-corrected chi connectivity index (χ3v) is 2.98. The molecule has 3 rings (SSSR count). The van der Waals surface area contributed by atoms with Crippen molar-refractivity contribution in [3.8, 4) is 0 Å². The van der Waals surface area contributed by atoms with Gasteiger partial charge in [-0.25, -0.2) is 9.78 Å². The van der Waals surface area contributed by atoms with Crippen molar-refractivity contribution in [3.63, 3.8) is 0 Å². The van der Waals surface area contributed by atoms with Crippen LogP contribution in [0.4, 0.5) is 0 Å². The van der Waals surface area contributed by atoms with E-state index < -0.39 is 11.5 Å². The van der Waals surface area contributed by atoms with E-state index in [9.17, 15) is 9.59 Å². The molecule has 3 aromatic rings. The number of carbonyl (C=O) groups excluding carboxylic acids is 1. The summed E-state index contributed by atoms with van der Waals surface area (Å²) < 4.78 is 10.2. The highest BCUT2D eigenvalue weighted by molar-refractivity contribution is 5.96. The third-order valence-electron chi connectivity index (χ3n) is 2.98. The maximum Gasteiger partial charge on any atom is 0.349 e. The quantitative estimate of drug-likeness (QED) is 0.744. The summed E-state index contributed by atoms with van der Waals surface area (Å²) in [6, 6.07) is 8.54. The van der Waals surface area contributed by atoms with E-state index in [1.807, 2.05) is 6.07 Å². The van der Waals surface area contributed by atoms with E-state index in [0.717, 1.165) is 0 Å². The Morgan fingerprint density at radius 2 is 2.14 bits per heavy atom. The summed E-state index contributed by atoms with van der Waals surface area (Å²) in [5, 5.41) is 3.31. The number of amides is 1. The molecule has 6 nitrogen and oxygen atoms in total. The number of hydrogen-bond acceptors (Lipinski definition) is 5. The summed E-state index contributed by atoms with van der Waals surface area (Å²) in [5.41, 5.74) is 0.341. The molecule has 2 heterocycles. The first-order valence-corrected chi connectivity index (χ1v) is 6.35. The molecule has 0 atom stereocenters. The second-order valence-electron chi connectivity index (χ2n) is 4.53. The van der Waals surface area contributed by atoms with Crippen molar-refractivity contribution in [2.45, 2.75) is 13.5 Å². The smallest absolute Gasteiger partial charge is 0.349 e. The molecule has 1 amide bonds. The Labute approximate surface area is 119 Å². The first-order valence-electron chi connectivity index (χ1n) is 6.35. The van der Waals surface area contributed by atoms with Crippen LogP contribution in [0.1, 0.15) is 21.9 Å². The number of para-hydroxylation sites is 1. The number of benzene rings is 1. The maximum atomic E-state index is 12.1. The summed E-state index contributed by atoms with van der Waals surface area (Å²) in [6.45, 7) is 1.89. The van der Waals surface area contributed by atoms with Crippen molar-refractivity contribution < 1.29 is 13.6 Å². The standard InChI is InChI=1S/C15H12N2O4/c1-9-17-11(8-20-9)7-16-14(18)12-6-10-4-2-3-5-13(10)21-15(12)19/h2-6,8H,7H2,1H3,(H,16,18). The second-order valence-corrected chi connectivity index (χ2v) is 4.53. The number of nitrogens with zero attached hydrogens (tertiary/aromatic N) is 1. The molecule has 106 valence electrons. The topological polar surface area (TPSA) is 85.3 Å². The van der Waals surface area contributed by atoms with Crippen molar-refractivity contribution >= 4 is 16.9 Å². The van der Waals surface area contributed by atoms with Crippen LogP contribution in [0.25, 0.3) is 11.0 Å². The number of rotatable bonds is 3. The summed E-state index contributed by atoms with van der Waals surface area (Å²) in [6.07, 6.45) is 1.46. The molecule has 0 aliphatic carbocycles. The molecule has 1 aromatic carbocycles. The number of carbonyl (C=O) groups is 1. The van der Waals surface area contributed by atoms with Gasteiger partial charge < -0.3 is 14.2 Å². The molecule has 0 spiro atoms. The van der Waals surface area contributed by atoms with Crippen LogP contribution in [-0.2, 0) is 6.54 Å². The molecule has 0 radical (unpaired) electrons. The van der Waals surface area contributed by atoms with Gasteiger partial charge in [-0.05, 0) is 12.1 Å². The minimum absolute atomic E-state index is 0.0334. The molecular weight excluding hydrogens is 272 g/mol. The van der Waals surface area contributed by atoms with Gasteiger partial charge in [0.1, 0.15) is 17.4 Å². The van der Waals surface area contributed by atoms with Gasteiger partial charge in [0.2, 0.25) is 0 Å². The highest BCUT2D eigenvalue weighted by Crippen LogP contribution is 2.12. The van der Waals surface area contributed by atoms with Gasteiger partial charge in [0.25, 0.3) is 5.91 Å². The predicted octanol–water partition coefficient (Wildman–Crippen LogP) is 2.02. The Kier molecular flexibility index (Phi) is 3.27. The van der Waals surface area contributed by atoms with E-state index in [1.165, 1.54) is 12.3 Å². The first-order chi connectivity index (χ1) is 10.1. The lowest BCUT2D eigenvalue weighted by Crippen LogP contribution is -2.27. The molecule has 0 bridgehead atoms. The molecule has 0 saturated carbocycles. The fourth-order valence-corrected chi connectivity index (χ4v) is 1.98. The lowest BCUT2D eigenvalue weighted by molar-refractivity contribution is 0.0947. The maximum absolute atomic E-state index is 12.1. The average molecular weight is 284 g/mol. The number of hydrogen-bond donors (Lipinski definition) is 1. The van der Waals surface area contributed by atoms with Crippen LogP contribution in [0.15, 0.2) is 50.2 Å². The van der Waals surface area contributed by atoms with Gasteiger partial charge in [-0.2, -0.15) is 0 Å². The van der Waals surface area contributed by atoms with Crippen molar-refractivity contribution in [1.82, 2.24) is 10.3 Å². The number of fused-ring (bicyclic) bond motifs is 1. The van der Waals surface area contributed by atoms with E-state index >= 15 is 0 Å². The van der Waals surface area contributed by atoms with Gasteiger partial charge in [-0.15, -0.1) is 0 Å². The zero-order valence-electron chi connectivity index (χ0n) is 11.3. The molecule has 1 N–H and O–H groups in total. The fraction of sp³-hybridized carbons (Fsp3) is 0.133. The van der Waals surface area contributed by atoms with Crippen LogP contribution >= 0.6 is 0 Å². The van der Waals surface area contributed by atoms with Crippen LogP contribution in [-0.4, -0.2) is 10.9 Å². The number of aryl methyl sites for hydroxylation is 1. The molecular formula is C15H12N2O4. The van der Waals surface area contributed by atoms with Crippen LogP contribution in [0.5, 0.6) is 0 Å². The van der Waals surface area contributed by atoms with E-state index in [2.05, 4.69) is 10.3 Å². The normalized spacial score (nSPS) is 10.7. The summed E-state index contributed by atoms with van der Waals surface area (Å²) in [4.78, 5) is 28.0. The number of nitrogens with one attached hydrogen (secondary N) is 1. The van der Waals surface area contributed by atoms with Gasteiger partial charge in [-0.3, -0.25) is 4.79 Å². The third kappa shape index (κ3) is 2.69. The van der Waals surface area contributed by atoms with Crippen LogP contribution in [0.3, 0.4) is 0 Å². The molecule has 0 unspecified atom stereocenters. The summed E-state index contributed by atoms with van der Waals surface area (Å²) >= 11 is 0. The SMILES string of the molecule is Cc1nc(CNC(=O)c2cc3ccccc3oc2=O)co1. The minimum Gasteiger partial charge on any atom is -0.449 e. The van der Waals surface area contributed by atoms with Crippen molar-refractivity contribution in [1.29, 1.82) is 0 Å². The molecule has 0 fully saturated rings. The first kappa shape index (κ1) is 13.1. The largest absolute Gasteiger partial charge is 0.449 e. The molecule has 0 aliphatic heterocycles. The Balaban J connectivity index is 1.84. The number of oxazole rings is 1. The van der Waals surface area contributed by atoms with Crippen LogP contribution in [0.2, 0.25) is 0 Å². The van der Waals surface area contributed by atoms with Crippen LogP contribution < -0.4 is 10.9 Å². The Bertz CT molecular complexity index is 863. The highest BCUT2D eigenvalue weighted by atomic mass is 16.4. The van der Waals surface area contributed by atoms with E-state index in [1.54, 1.807) is 25.1 Å². The van der Waals surface area contributed by atoms with Crippen molar-refractivity contribution in [3.05, 3.63) is 64.2 Å². The fourth-order valence-electron chi connectivity index (χ4n) is 1.98. The Hall–Kier alpha value is -2.89. The van der Waals surface area contributed by atoms with Gasteiger partial charge in [-0.1, -0.05) is 18.2 Å². The molecule has 2 aromatic heterocycles. The van der Waals surface area contributed by atoms with E-state index in [4.69, 9.17) is 8.83 Å². The van der Waals surface area contributed by atoms with E-state index in [0.29, 0.717) is 22.6 Å². The summed E-state index contributed by atoms with van der Waals surface area (Å²) in [7, 11) is 0. The lowest BCUT2D eigenvalue weighted by Gasteiger charge is -2.03. The van der Waals surface area contributed by atoms with Crippen LogP contribution in [0, 0.1) is 6.92 Å². The Morgan fingerprint density at radius 3 is 2.90 bits per heavy atom. The second kappa shape index (κ2) is 5.24. The van der Waals surface area contributed by atoms with Gasteiger partial charge in [0.05, 0.1) is 12.2 Å². The zero-order valence-corrected chi connectivity index (χ0v) is 11.3. The summed E-state index contributed by atoms with van der Waals surface area (Å²) in [5.74, 6) is 0.0135. The zero-order chi connectivity index (χ0) is 14.8. The molecule has 6 heteroatoms. The molecule has 0 aliphatic rings. The minimum atomic E-state index is -0.664.